The Morgan fingerprint density at radius 1 is 1.18 bits per heavy atom. The quantitative estimate of drug-likeness (QED) is 0.508. The van der Waals surface area contributed by atoms with E-state index in [1.807, 2.05) is 0 Å². The lowest BCUT2D eigenvalue weighted by atomic mass is 9.93. The Morgan fingerprint density at radius 2 is 2.00 bits per heavy atom. The largest absolute Gasteiger partial charge is 0.0654 e. The van der Waals surface area contributed by atoms with Crippen LogP contribution in [-0.4, -0.2) is 0 Å². The fraction of sp³-hybridized carbons (Fsp3) is 0.800. The van der Waals surface area contributed by atoms with Crippen LogP contribution in [0.15, 0.2) is 9.15 Å². The standard InChI is InChI=1S/C10H17I/c1-2-3-4-5-6-9-7-8-10(9)11/h2-8H2,1H3. The van der Waals surface area contributed by atoms with Crippen LogP contribution in [-0.2, 0) is 0 Å². The van der Waals surface area contributed by atoms with Crippen LogP contribution in [0.3, 0.4) is 0 Å². The SMILES string of the molecule is CCCCCCC1=C(I)CC1. The summed E-state index contributed by atoms with van der Waals surface area (Å²) in [4.78, 5) is 0. The minimum Gasteiger partial charge on any atom is -0.0654 e. The molecule has 0 fully saturated rings. The lowest BCUT2D eigenvalue weighted by Crippen LogP contribution is -1.98. The van der Waals surface area contributed by atoms with E-state index in [0.717, 1.165) is 0 Å². The fourth-order valence-corrected chi connectivity index (χ4v) is 2.23. The molecule has 0 aromatic heterocycles. The monoisotopic (exact) mass is 264 g/mol. The van der Waals surface area contributed by atoms with Gasteiger partial charge in [-0.3, -0.25) is 0 Å². The van der Waals surface area contributed by atoms with Gasteiger partial charge >= 0.3 is 0 Å². The van der Waals surface area contributed by atoms with Gasteiger partial charge in [-0.15, -0.1) is 0 Å². The summed E-state index contributed by atoms with van der Waals surface area (Å²) in [5.41, 5.74) is 1.75. The summed E-state index contributed by atoms with van der Waals surface area (Å²) < 4.78 is 1.65. The van der Waals surface area contributed by atoms with Crippen LogP contribution in [0.25, 0.3) is 0 Å². The van der Waals surface area contributed by atoms with E-state index >= 15 is 0 Å². The summed E-state index contributed by atoms with van der Waals surface area (Å²) in [5.74, 6) is 0. The van der Waals surface area contributed by atoms with Crippen LogP contribution < -0.4 is 0 Å². The maximum absolute atomic E-state index is 2.50. The molecule has 0 saturated carbocycles. The van der Waals surface area contributed by atoms with Crippen LogP contribution >= 0.6 is 22.6 Å². The van der Waals surface area contributed by atoms with Crippen molar-refractivity contribution in [3.05, 3.63) is 9.15 Å². The minimum atomic E-state index is 1.36. The predicted molar refractivity (Wildman–Crippen MR) is 59.0 cm³/mol. The third kappa shape index (κ3) is 3.14. The Kier molecular flexibility index (Phi) is 4.50. The molecule has 0 N–H and O–H groups in total. The topological polar surface area (TPSA) is 0 Å². The van der Waals surface area contributed by atoms with Gasteiger partial charge in [-0.05, 0) is 51.9 Å². The maximum Gasteiger partial charge on any atom is -0.00987 e. The highest BCUT2D eigenvalue weighted by atomic mass is 127. The molecule has 0 nitrogen and oxygen atoms in total. The molecule has 0 atom stereocenters. The zero-order valence-electron chi connectivity index (χ0n) is 7.33. The molecule has 1 rings (SSSR count). The van der Waals surface area contributed by atoms with Crippen molar-refractivity contribution in [3.8, 4) is 0 Å². The Bertz CT molecular complexity index is 147. The molecule has 0 unspecified atom stereocenters. The van der Waals surface area contributed by atoms with Gasteiger partial charge in [-0.1, -0.05) is 31.8 Å². The molecular formula is C10H17I. The smallest absolute Gasteiger partial charge is 0.00987 e. The molecule has 1 aliphatic carbocycles. The first-order valence-corrected chi connectivity index (χ1v) is 5.79. The molecule has 0 bridgehead atoms. The summed E-state index contributed by atoms with van der Waals surface area (Å²) in [6.07, 6.45) is 9.78. The Balaban J connectivity index is 2.00. The van der Waals surface area contributed by atoms with Crippen LogP contribution in [0.1, 0.15) is 51.9 Å². The normalized spacial score (nSPS) is 16.9. The van der Waals surface area contributed by atoms with Gasteiger partial charge in [-0.2, -0.15) is 0 Å². The van der Waals surface area contributed by atoms with Gasteiger partial charge < -0.3 is 0 Å². The first-order chi connectivity index (χ1) is 5.34. The maximum atomic E-state index is 2.50. The number of unbranched alkanes of at least 4 members (excludes halogenated alkanes) is 3. The van der Waals surface area contributed by atoms with Crippen molar-refractivity contribution in [2.75, 3.05) is 0 Å². The Morgan fingerprint density at radius 3 is 2.45 bits per heavy atom. The molecule has 64 valence electrons. The third-order valence-corrected chi connectivity index (χ3v) is 3.66. The van der Waals surface area contributed by atoms with Crippen LogP contribution in [0.5, 0.6) is 0 Å². The van der Waals surface area contributed by atoms with E-state index in [0.29, 0.717) is 0 Å². The van der Waals surface area contributed by atoms with E-state index in [4.69, 9.17) is 0 Å². The average Bonchev–Trinajstić information content (AvgIpc) is 2.02. The molecular weight excluding hydrogens is 247 g/mol. The van der Waals surface area contributed by atoms with Crippen molar-refractivity contribution < 1.29 is 0 Å². The van der Waals surface area contributed by atoms with E-state index in [1.54, 1.807) is 9.15 Å². The molecule has 0 radical (unpaired) electrons. The van der Waals surface area contributed by atoms with Gasteiger partial charge in [0.05, 0.1) is 0 Å². The number of hydrogen-bond donors (Lipinski definition) is 0. The Hall–Kier alpha value is 0.470. The van der Waals surface area contributed by atoms with Crippen molar-refractivity contribution in [1.29, 1.82) is 0 Å². The first kappa shape index (κ1) is 9.56. The van der Waals surface area contributed by atoms with E-state index < -0.39 is 0 Å². The fourth-order valence-electron chi connectivity index (χ4n) is 1.42. The molecule has 0 saturated heterocycles. The number of allylic oxidation sites excluding steroid dienone is 2. The van der Waals surface area contributed by atoms with Gasteiger partial charge in [0, 0.05) is 0 Å². The first-order valence-electron chi connectivity index (χ1n) is 4.71. The zero-order valence-corrected chi connectivity index (χ0v) is 9.49. The molecule has 0 aromatic carbocycles. The van der Waals surface area contributed by atoms with E-state index in [-0.39, 0.29) is 0 Å². The number of rotatable bonds is 5. The van der Waals surface area contributed by atoms with Crippen molar-refractivity contribution in [2.24, 2.45) is 0 Å². The molecule has 11 heavy (non-hydrogen) atoms. The second kappa shape index (κ2) is 5.18. The summed E-state index contributed by atoms with van der Waals surface area (Å²) in [7, 11) is 0. The molecule has 0 amide bonds. The van der Waals surface area contributed by atoms with Crippen molar-refractivity contribution in [1.82, 2.24) is 0 Å². The molecule has 0 heterocycles. The minimum absolute atomic E-state index is 1.36. The molecule has 1 heteroatoms. The number of halogens is 1. The van der Waals surface area contributed by atoms with Crippen molar-refractivity contribution in [3.63, 3.8) is 0 Å². The molecule has 0 spiro atoms. The molecule has 0 aromatic rings. The van der Waals surface area contributed by atoms with E-state index in [2.05, 4.69) is 29.5 Å². The third-order valence-electron chi connectivity index (χ3n) is 2.36. The lowest BCUT2D eigenvalue weighted by molar-refractivity contribution is 0.639. The average molecular weight is 264 g/mol. The Labute approximate surface area is 83.6 Å². The summed E-state index contributed by atoms with van der Waals surface area (Å²) in [5, 5.41) is 0. The molecule has 0 aliphatic heterocycles. The lowest BCUT2D eigenvalue weighted by Gasteiger charge is -2.18. The molecule has 1 aliphatic rings. The van der Waals surface area contributed by atoms with Gasteiger partial charge in [0.1, 0.15) is 0 Å². The van der Waals surface area contributed by atoms with E-state index in [9.17, 15) is 0 Å². The highest BCUT2D eigenvalue weighted by Gasteiger charge is 2.12. The number of hydrogen-bond acceptors (Lipinski definition) is 0. The second-order valence-electron chi connectivity index (χ2n) is 3.32. The zero-order chi connectivity index (χ0) is 8.10. The van der Waals surface area contributed by atoms with Gasteiger partial charge in [0.15, 0.2) is 0 Å². The van der Waals surface area contributed by atoms with E-state index in [1.165, 1.54) is 44.9 Å². The summed E-state index contributed by atoms with van der Waals surface area (Å²) >= 11 is 2.50. The summed E-state index contributed by atoms with van der Waals surface area (Å²) in [6, 6.07) is 0. The highest BCUT2D eigenvalue weighted by molar-refractivity contribution is 14.1. The van der Waals surface area contributed by atoms with Gasteiger partial charge in [-0.25, -0.2) is 0 Å². The second-order valence-corrected chi connectivity index (χ2v) is 4.62. The van der Waals surface area contributed by atoms with Crippen molar-refractivity contribution in [2.45, 2.75) is 51.9 Å². The van der Waals surface area contributed by atoms with Crippen LogP contribution in [0, 0.1) is 0 Å². The summed E-state index contributed by atoms with van der Waals surface area (Å²) in [6.45, 7) is 2.27. The van der Waals surface area contributed by atoms with Crippen LogP contribution in [0.2, 0.25) is 0 Å². The van der Waals surface area contributed by atoms with Gasteiger partial charge in [0.25, 0.3) is 0 Å². The van der Waals surface area contributed by atoms with Crippen LogP contribution in [0.4, 0.5) is 0 Å². The predicted octanol–water partition coefficient (Wildman–Crippen LogP) is 4.44. The van der Waals surface area contributed by atoms with Crippen molar-refractivity contribution >= 4 is 22.6 Å². The van der Waals surface area contributed by atoms with Gasteiger partial charge in [0.2, 0.25) is 0 Å². The highest BCUT2D eigenvalue weighted by Crippen LogP contribution is 2.36.